The van der Waals surface area contributed by atoms with E-state index in [1.54, 1.807) is 6.07 Å². The molecule has 1 amide bonds. The molecule has 1 aromatic heterocycles. The van der Waals surface area contributed by atoms with Crippen molar-refractivity contribution in [2.75, 3.05) is 10.6 Å². The Morgan fingerprint density at radius 2 is 1.80 bits per heavy atom. The Hall–Kier alpha value is -3.06. The summed E-state index contributed by atoms with van der Waals surface area (Å²) in [6.45, 7) is 0. The van der Waals surface area contributed by atoms with Gasteiger partial charge in [-0.25, -0.2) is 8.78 Å². The van der Waals surface area contributed by atoms with E-state index in [1.165, 1.54) is 48.5 Å². The van der Waals surface area contributed by atoms with Gasteiger partial charge in [-0.3, -0.25) is 4.79 Å². The van der Waals surface area contributed by atoms with Gasteiger partial charge in [0.25, 0.3) is 5.91 Å². The molecule has 1 heterocycles. The van der Waals surface area contributed by atoms with Crippen molar-refractivity contribution in [1.29, 1.82) is 0 Å². The van der Waals surface area contributed by atoms with E-state index in [0.717, 1.165) is 0 Å². The van der Waals surface area contributed by atoms with Gasteiger partial charge in [0.05, 0.1) is 5.02 Å². The first kappa shape index (κ1) is 16.8. The average Bonchev–Trinajstić information content (AvgIpc) is 2.59. The molecule has 0 saturated carbocycles. The lowest BCUT2D eigenvalue weighted by Crippen LogP contribution is -2.14. The highest BCUT2D eigenvalue weighted by atomic mass is 35.5. The summed E-state index contributed by atoms with van der Waals surface area (Å²) in [4.78, 5) is 12.1. The van der Waals surface area contributed by atoms with Crippen molar-refractivity contribution in [3.8, 4) is 0 Å². The number of hydrogen-bond acceptors (Lipinski definition) is 4. The van der Waals surface area contributed by atoms with Crippen molar-refractivity contribution < 1.29 is 13.6 Å². The fourth-order valence-corrected chi connectivity index (χ4v) is 2.18. The van der Waals surface area contributed by atoms with Crippen molar-refractivity contribution in [2.24, 2.45) is 0 Å². The Morgan fingerprint density at radius 1 is 0.960 bits per heavy atom. The van der Waals surface area contributed by atoms with Gasteiger partial charge in [-0.1, -0.05) is 17.7 Å². The normalized spacial score (nSPS) is 10.4. The standard InChI is InChI=1S/C17H11ClF2N4O/c18-13-9-12(4-5-14(13)20)21-16-7-6-15(23-24-16)17(25)22-11-3-1-2-10(19)8-11/h1-9H,(H,21,24)(H,22,25). The highest BCUT2D eigenvalue weighted by Crippen LogP contribution is 2.21. The molecule has 0 bridgehead atoms. The first-order valence-corrected chi connectivity index (χ1v) is 7.52. The largest absolute Gasteiger partial charge is 0.339 e. The Morgan fingerprint density at radius 3 is 2.48 bits per heavy atom. The third-order valence-electron chi connectivity index (χ3n) is 3.17. The van der Waals surface area contributed by atoms with Crippen LogP contribution in [0.3, 0.4) is 0 Å². The van der Waals surface area contributed by atoms with E-state index < -0.39 is 17.5 Å². The summed E-state index contributed by atoms with van der Waals surface area (Å²) in [6, 6.07) is 12.6. The van der Waals surface area contributed by atoms with E-state index in [0.29, 0.717) is 17.2 Å². The Labute approximate surface area is 146 Å². The number of carbonyl (C=O) groups is 1. The smallest absolute Gasteiger partial charge is 0.276 e. The highest BCUT2D eigenvalue weighted by Gasteiger charge is 2.09. The van der Waals surface area contributed by atoms with Crippen LogP contribution in [0, 0.1) is 11.6 Å². The number of benzene rings is 2. The maximum Gasteiger partial charge on any atom is 0.276 e. The van der Waals surface area contributed by atoms with E-state index in [2.05, 4.69) is 20.8 Å². The summed E-state index contributed by atoms with van der Waals surface area (Å²) in [7, 11) is 0. The van der Waals surface area contributed by atoms with Gasteiger partial charge in [-0.15, -0.1) is 10.2 Å². The monoisotopic (exact) mass is 360 g/mol. The lowest BCUT2D eigenvalue weighted by atomic mass is 10.3. The summed E-state index contributed by atoms with van der Waals surface area (Å²) in [5.74, 6) is -1.15. The third kappa shape index (κ3) is 4.27. The number of nitrogens with zero attached hydrogens (tertiary/aromatic N) is 2. The molecule has 0 unspecified atom stereocenters. The molecule has 0 aliphatic heterocycles. The van der Waals surface area contributed by atoms with Crippen molar-refractivity contribution in [3.63, 3.8) is 0 Å². The molecule has 0 radical (unpaired) electrons. The second-order valence-corrected chi connectivity index (χ2v) is 5.43. The van der Waals surface area contributed by atoms with Gasteiger partial charge >= 0.3 is 0 Å². The molecular formula is C17H11ClF2N4O. The summed E-state index contributed by atoms with van der Waals surface area (Å²) in [5.41, 5.74) is 0.902. The molecule has 25 heavy (non-hydrogen) atoms. The number of amides is 1. The van der Waals surface area contributed by atoms with Crippen molar-refractivity contribution in [2.45, 2.75) is 0 Å². The second kappa shape index (κ2) is 7.23. The predicted molar refractivity (Wildman–Crippen MR) is 91.1 cm³/mol. The third-order valence-corrected chi connectivity index (χ3v) is 3.46. The SMILES string of the molecule is O=C(Nc1cccc(F)c1)c1ccc(Nc2ccc(F)c(Cl)c2)nn1. The highest BCUT2D eigenvalue weighted by molar-refractivity contribution is 6.31. The summed E-state index contributed by atoms with van der Waals surface area (Å²) >= 11 is 5.70. The molecule has 8 heteroatoms. The minimum absolute atomic E-state index is 0.0240. The second-order valence-electron chi connectivity index (χ2n) is 5.02. The lowest BCUT2D eigenvalue weighted by Gasteiger charge is -2.07. The summed E-state index contributed by atoms with van der Waals surface area (Å²) in [5, 5.41) is 13.1. The van der Waals surface area contributed by atoms with Crippen LogP contribution in [0.1, 0.15) is 10.5 Å². The molecule has 5 nitrogen and oxygen atoms in total. The van der Waals surface area contributed by atoms with Crippen molar-refractivity contribution in [3.05, 3.63) is 76.9 Å². The molecule has 0 aliphatic carbocycles. The van der Waals surface area contributed by atoms with Crippen LogP contribution in [-0.4, -0.2) is 16.1 Å². The zero-order valence-electron chi connectivity index (χ0n) is 12.6. The number of carbonyl (C=O) groups excluding carboxylic acids is 1. The number of aromatic nitrogens is 2. The molecule has 0 fully saturated rings. The molecule has 2 N–H and O–H groups in total. The molecular weight excluding hydrogens is 350 g/mol. The van der Waals surface area contributed by atoms with Gasteiger partial charge in [0.15, 0.2) is 11.5 Å². The van der Waals surface area contributed by atoms with Crippen LogP contribution in [0.4, 0.5) is 26.0 Å². The predicted octanol–water partition coefficient (Wildman–Crippen LogP) is 4.40. The van der Waals surface area contributed by atoms with Crippen LogP contribution in [0.5, 0.6) is 0 Å². The molecule has 0 spiro atoms. The van der Waals surface area contributed by atoms with Crippen molar-refractivity contribution in [1.82, 2.24) is 10.2 Å². The zero-order chi connectivity index (χ0) is 17.8. The molecule has 0 aliphatic rings. The van der Waals surface area contributed by atoms with Gasteiger partial charge in [-0.2, -0.15) is 0 Å². The van der Waals surface area contributed by atoms with Crippen LogP contribution < -0.4 is 10.6 Å². The van der Waals surface area contributed by atoms with E-state index in [9.17, 15) is 13.6 Å². The molecule has 3 aromatic rings. The van der Waals surface area contributed by atoms with Crippen LogP contribution in [0.2, 0.25) is 5.02 Å². The summed E-state index contributed by atoms with van der Waals surface area (Å²) < 4.78 is 26.2. The molecule has 126 valence electrons. The Kier molecular flexibility index (Phi) is 4.85. The van der Waals surface area contributed by atoms with Crippen LogP contribution in [0.15, 0.2) is 54.6 Å². The van der Waals surface area contributed by atoms with Crippen LogP contribution >= 0.6 is 11.6 Å². The number of hydrogen-bond donors (Lipinski definition) is 2. The van der Waals surface area contributed by atoms with Gasteiger partial charge in [0.1, 0.15) is 11.6 Å². The lowest BCUT2D eigenvalue weighted by molar-refractivity contribution is 0.102. The van der Waals surface area contributed by atoms with Gasteiger partial charge in [0.2, 0.25) is 0 Å². The first-order chi connectivity index (χ1) is 12.0. The van der Waals surface area contributed by atoms with E-state index in [1.807, 2.05) is 0 Å². The molecule has 3 rings (SSSR count). The topological polar surface area (TPSA) is 66.9 Å². The zero-order valence-corrected chi connectivity index (χ0v) is 13.4. The first-order valence-electron chi connectivity index (χ1n) is 7.14. The minimum atomic E-state index is -0.525. The number of rotatable bonds is 4. The van der Waals surface area contributed by atoms with Gasteiger partial charge in [0, 0.05) is 11.4 Å². The maximum absolute atomic E-state index is 13.1. The van der Waals surface area contributed by atoms with Crippen LogP contribution in [-0.2, 0) is 0 Å². The molecule has 2 aromatic carbocycles. The Balaban J connectivity index is 1.69. The number of nitrogens with one attached hydrogen (secondary N) is 2. The van der Waals surface area contributed by atoms with Gasteiger partial charge in [-0.05, 0) is 48.5 Å². The van der Waals surface area contributed by atoms with Gasteiger partial charge < -0.3 is 10.6 Å². The molecule has 0 saturated heterocycles. The molecule has 0 atom stereocenters. The quantitative estimate of drug-likeness (QED) is 0.723. The van der Waals surface area contributed by atoms with E-state index in [-0.39, 0.29) is 10.7 Å². The average molecular weight is 361 g/mol. The van der Waals surface area contributed by atoms with E-state index >= 15 is 0 Å². The fraction of sp³-hybridized carbons (Fsp3) is 0. The minimum Gasteiger partial charge on any atom is -0.339 e. The van der Waals surface area contributed by atoms with E-state index in [4.69, 9.17) is 11.6 Å². The number of halogens is 3. The maximum atomic E-state index is 13.1. The van der Waals surface area contributed by atoms with Crippen LogP contribution in [0.25, 0.3) is 0 Å². The number of anilines is 3. The van der Waals surface area contributed by atoms with Crippen molar-refractivity contribution >= 4 is 34.7 Å². The Bertz CT molecular complexity index is 919. The fourth-order valence-electron chi connectivity index (χ4n) is 2.00. The summed E-state index contributed by atoms with van der Waals surface area (Å²) in [6.07, 6.45) is 0.